The molecule has 4 aromatic carbocycles. The zero-order chi connectivity index (χ0) is 33.8. The molecule has 1 N–H and O–H groups in total. The molecule has 49 heavy (non-hydrogen) atoms. The van der Waals surface area contributed by atoms with Crippen molar-refractivity contribution in [2.24, 2.45) is 27.0 Å². The Kier molecular flexibility index (Phi) is 7.64. The topological polar surface area (TPSA) is 83.1 Å². The highest BCUT2D eigenvalue weighted by Gasteiger charge is 2.60. The van der Waals surface area contributed by atoms with Crippen LogP contribution in [0.3, 0.4) is 0 Å². The molecule has 5 aromatic rings. The quantitative estimate of drug-likeness (QED) is 0.145. The number of carbonyl (C=O) groups is 1. The summed E-state index contributed by atoms with van der Waals surface area (Å²) in [4.78, 5) is 16.1. The van der Waals surface area contributed by atoms with Crippen LogP contribution in [0.5, 0.6) is 5.75 Å². The van der Waals surface area contributed by atoms with Gasteiger partial charge in [-0.25, -0.2) is 4.68 Å². The van der Waals surface area contributed by atoms with Crippen LogP contribution in [0.4, 0.5) is 5.69 Å². The first-order valence-corrected chi connectivity index (χ1v) is 17.5. The van der Waals surface area contributed by atoms with Crippen LogP contribution in [0.25, 0.3) is 34.3 Å². The van der Waals surface area contributed by atoms with Crippen molar-refractivity contribution in [3.8, 4) is 34.0 Å². The van der Waals surface area contributed by atoms with Crippen LogP contribution < -0.4 is 4.90 Å². The summed E-state index contributed by atoms with van der Waals surface area (Å²) < 4.78 is 1.97. The zero-order valence-corrected chi connectivity index (χ0v) is 28.6. The molecule has 3 aliphatic rings. The standard InChI is InChI=1S/C41H37N5O2S/c1-40(2)30-22-23-41(40,3)37(25-30)42-43-39-45(31-18-20-33(47)21-19-31)38(48)36(49-39)24-27-14-16-32(17-15-27)46-35(29-12-8-5-9-13-29)26-34(44-46)28-10-6-4-7-11-28/h4-21,24,26,30,47H,22-23,25H2,1-3H3. The lowest BCUT2D eigenvalue weighted by Gasteiger charge is -2.34. The SMILES string of the molecule is CC12CCC(CC1=NN=C1SC(=Cc3ccc(-n4nc(-c5ccccc5)cc4-c4ccccc4)cc3)C(=O)N1c1ccc(O)cc1)C2(C)C. The van der Waals surface area contributed by atoms with E-state index in [2.05, 4.69) is 51.1 Å². The van der Waals surface area contributed by atoms with Crippen molar-refractivity contribution in [2.75, 3.05) is 4.90 Å². The Morgan fingerprint density at radius 3 is 2.12 bits per heavy atom. The van der Waals surface area contributed by atoms with Gasteiger partial charge in [0, 0.05) is 22.3 Å². The molecule has 8 rings (SSSR count). The predicted octanol–water partition coefficient (Wildman–Crippen LogP) is 9.59. The molecule has 2 aliphatic carbocycles. The van der Waals surface area contributed by atoms with Crippen LogP contribution in [-0.4, -0.2) is 31.7 Å². The molecule has 1 aliphatic heterocycles. The molecule has 0 spiro atoms. The van der Waals surface area contributed by atoms with E-state index >= 15 is 0 Å². The summed E-state index contributed by atoms with van der Waals surface area (Å²) in [5.41, 5.74) is 7.76. The maximum Gasteiger partial charge on any atom is 0.271 e. The summed E-state index contributed by atoms with van der Waals surface area (Å²) >= 11 is 1.32. The maximum absolute atomic E-state index is 14.0. The van der Waals surface area contributed by atoms with Gasteiger partial charge in [0.05, 0.1) is 27.7 Å². The van der Waals surface area contributed by atoms with Crippen molar-refractivity contribution in [1.29, 1.82) is 0 Å². The van der Waals surface area contributed by atoms with Crippen LogP contribution in [0.15, 0.2) is 130 Å². The van der Waals surface area contributed by atoms with E-state index in [0.717, 1.165) is 52.3 Å². The van der Waals surface area contributed by atoms with Crippen LogP contribution in [0, 0.1) is 16.7 Å². The Balaban J connectivity index is 1.12. The summed E-state index contributed by atoms with van der Waals surface area (Å²) in [6.07, 6.45) is 5.18. The fourth-order valence-corrected chi connectivity index (χ4v) is 8.49. The second-order valence-electron chi connectivity index (χ2n) is 13.8. The number of carbonyl (C=O) groups excluding carboxylic acids is 1. The molecule has 244 valence electrons. The number of aromatic nitrogens is 2. The third kappa shape index (κ3) is 5.40. The Morgan fingerprint density at radius 2 is 1.49 bits per heavy atom. The van der Waals surface area contributed by atoms with Gasteiger partial charge in [0.2, 0.25) is 5.17 Å². The first-order chi connectivity index (χ1) is 23.7. The minimum absolute atomic E-state index is 0.00952. The average Bonchev–Trinajstić information content (AvgIpc) is 3.81. The molecular weight excluding hydrogens is 627 g/mol. The monoisotopic (exact) mass is 663 g/mol. The molecule has 3 fully saturated rings. The van der Waals surface area contributed by atoms with Gasteiger partial charge in [0.25, 0.3) is 5.91 Å². The second kappa shape index (κ2) is 12.0. The molecule has 2 saturated carbocycles. The number of benzene rings is 4. The second-order valence-corrected chi connectivity index (χ2v) is 14.8. The minimum Gasteiger partial charge on any atom is -0.508 e. The molecule has 2 heterocycles. The number of hydrogen-bond donors (Lipinski definition) is 1. The van der Waals surface area contributed by atoms with E-state index in [1.54, 1.807) is 29.2 Å². The van der Waals surface area contributed by atoms with Crippen LogP contribution >= 0.6 is 11.8 Å². The number of amides is 1. The van der Waals surface area contributed by atoms with Gasteiger partial charge >= 0.3 is 0 Å². The Morgan fingerprint density at radius 1 is 0.837 bits per heavy atom. The van der Waals surface area contributed by atoms with Crippen LogP contribution in [-0.2, 0) is 4.79 Å². The third-order valence-electron chi connectivity index (χ3n) is 11.0. The summed E-state index contributed by atoms with van der Waals surface area (Å²) in [7, 11) is 0. The molecule has 1 saturated heterocycles. The van der Waals surface area contributed by atoms with Gasteiger partial charge in [-0.2, -0.15) is 10.2 Å². The third-order valence-corrected chi connectivity index (χ3v) is 11.9. The number of amidine groups is 1. The number of aromatic hydroxyl groups is 1. The first kappa shape index (κ1) is 31.1. The number of phenolic OH excluding ortho intramolecular Hbond substituents is 1. The smallest absolute Gasteiger partial charge is 0.271 e. The molecule has 0 radical (unpaired) electrons. The summed E-state index contributed by atoms with van der Waals surface area (Å²) in [6, 6.07) is 37.3. The summed E-state index contributed by atoms with van der Waals surface area (Å²) in [6.45, 7) is 7.01. The summed E-state index contributed by atoms with van der Waals surface area (Å²) in [5, 5.41) is 25.0. The lowest BCUT2D eigenvalue weighted by atomic mass is 9.70. The molecule has 8 heteroatoms. The van der Waals surface area contributed by atoms with E-state index in [9.17, 15) is 9.90 Å². The molecule has 2 atom stereocenters. The van der Waals surface area contributed by atoms with Crippen molar-refractivity contribution in [2.45, 2.75) is 40.0 Å². The highest BCUT2D eigenvalue weighted by Crippen LogP contribution is 2.64. The number of rotatable bonds is 6. The van der Waals surface area contributed by atoms with Crippen molar-refractivity contribution < 1.29 is 9.90 Å². The predicted molar refractivity (Wildman–Crippen MR) is 200 cm³/mol. The molecule has 1 amide bonds. The van der Waals surface area contributed by atoms with Crippen LogP contribution in [0.2, 0.25) is 0 Å². The van der Waals surface area contributed by atoms with Crippen molar-refractivity contribution in [1.82, 2.24) is 9.78 Å². The van der Waals surface area contributed by atoms with Crippen molar-refractivity contribution in [3.05, 3.63) is 126 Å². The Hall–Kier alpha value is -5.21. The lowest BCUT2D eigenvalue weighted by molar-refractivity contribution is -0.113. The normalized spacial score (nSPS) is 23.7. The van der Waals surface area contributed by atoms with E-state index in [-0.39, 0.29) is 22.5 Å². The molecule has 1 aromatic heterocycles. The number of anilines is 1. The number of fused-ring (bicyclic) bond motifs is 2. The Labute approximate surface area is 290 Å². The zero-order valence-electron chi connectivity index (χ0n) is 27.7. The summed E-state index contributed by atoms with van der Waals surface area (Å²) in [5.74, 6) is 0.568. The highest BCUT2D eigenvalue weighted by molar-refractivity contribution is 8.19. The van der Waals surface area contributed by atoms with Gasteiger partial charge in [-0.3, -0.25) is 9.69 Å². The van der Waals surface area contributed by atoms with Crippen LogP contribution in [0.1, 0.15) is 45.6 Å². The fraction of sp³-hybridized carbons (Fsp3) is 0.220. The van der Waals surface area contributed by atoms with Gasteiger partial charge in [-0.05, 0) is 96.5 Å². The fourth-order valence-electron chi connectivity index (χ4n) is 7.56. The molecule has 2 unspecified atom stereocenters. The first-order valence-electron chi connectivity index (χ1n) is 16.7. The van der Waals surface area contributed by atoms with E-state index in [4.69, 9.17) is 15.3 Å². The van der Waals surface area contributed by atoms with Crippen molar-refractivity contribution >= 4 is 40.3 Å². The van der Waals surface area contributed by atoms with Gasteiger partial charge in [0.15, 0.2) is 0 Å². The van der Waals surface area contributed by atoms with Gasteiger partial charge < -0.3 is 5.11 Å². The Bertz CT molecular complexity index is 2130. The van der Waals surface area contributed by atoms with E-state index in [0.29, 0.717) is 21.7 Å². The number of thioether (sulfide) groups is 1. The highest BCUT2D eigenvalue weighted by atomic mass is 32.2. The maximum atomic E-state index is 14.0. The molecule has 7 nitrogen and oxygen atoms in total. The molecule has 2 bridgehead atoms. The number of hydrogen-bond acceptors (Lipinski definition) is 6. The lowest BCUT2D eigenvalue weighted by Crippen LogP contribution is -2.32. The molecular formula is C41H37N5O2S. The van der Waals surface area contributed by atoms with Crippen molar-refractivity contribution in [3.63, 3.8) is 0 Å². The number of nitrogens with zero attached hydrogens (tertiary/aromatic N) is 5. The number of phenols is 1. The average molecular weight is 664 g/mol. The minimum atomic E-state index is -0.177. The van der Waals surface area contributed by atoms with E-state index in [1.165, 1.54) is 18.2 Å². The van der Waals surface area contributed by atoms with Gasteiger partial charge in [-0.15, -0.1) is 5.10 Å². The van der Waals surface area contributed by atoms with Gasteiger partial charge in [-0.1, -0.05) is 93.6 Å². The largest absolute Gasteiger partial charge is 0.508 e. The van der Waals surface area contributed by atoms with Gasteiger partial charge in [0.1, 0.15) is 5.75 Å². The van der Waals surface area contributed by atoms with E-state index in [1.807, 2.05) is 71.4 Å². The van der Waals surface area contributed by atoms with E-state index < -0.39 is 0 Å².